The lowest BCUT2D eigenvalue weighted by molar-refractivity contribution is -0.123. The van der Waals surface area contributed by atoms with Crippen molar-refractivity contribution >= 4 is 17.6 Å². The molecule has 0 aliphatic heterocycles. The second-order valence-corrected chi connectivity index (χ2v) is 6.54. The number of nitrogens with one attached hydrogen (secondary N) is 3. The summed E-state index contributed by atoms with van der Waals surface area (Å²) in [6.07, 6.45) is 2.17. The molecule has 1 aromatic carbocycles. The van der Waals surface area contributed by atoms with Gasteiger partial charge in [0.15, 0.2) is 12.4 Å². The number of rotatable bonds is 8. The van der Waals surface area contributed by atoms with Gasteiger partial charge in [-0.15, -0.1) is 0 Å². The van der Waals surface area contributed by atoms with Crippen LogP contribution in [0.3, 0.4) is 0 Å². The van der Waals surface area contributed by atoms with Crippen LogP contribution in [0.4, 0.5) is 0 Å². The van der Waals surface area contributed by atoms with E-state index in [1.807, 2.05) is 32.0 Å². The highest BCUT2D eigenvalue weighted by Gasteiger charge is 2.22. The van der Waals surface area contributed by atoms with Crippen LogP contribution in [0, 0.1) is 6.92 Å². The molecule has 2 aromatic rings. The number of amides is 2. The Balaban J connectivity index is 1.99. The first-order valence-corrected chi connectivity index (χ1v) is 9.41. The summed E-state index contributed by atoms with van der Waals surface area (Å²) in [6.45, 7) is 6.99. The van der Waals surface area contributed by atoms with Gasteiger partial charge in [0.05, 0.1) is 0 Å². The van der Waals surface area contributed by atoms with E-state index in [0.29, 0.717) is 34.7 Å². The largest absolute Gasteiger partial charge is 0.483 e. The highest BCUT2D eigenvalue weighted by atomic mass is 16.5. The van der Waals surface area contributed by atoms with Crippen molar-refractivity contribution in [3.63, 3.8) is 0 Å². The molecule has 0 atom stereocenters. The highest BCUT2D eigenvalue weighted by molar-refractivity contribution is 6.03. The van der Waals surface area contributed by atoms with Gasteiger partial charge in [0.2, 0.25) is 0 Å². The first kappa shape index (κ1) is 21.2. The summed E-state index contributed by atoms with van der Waals surface area (Å²) in [4.78, 5) is 39.4. The number of aromatic amines is 1. The van der Waals surface area contributed by atoms with Gasteiger partial charge in [0.25, 0.3) is 11.8 Å². The average molecular weight is 385 g/mol. The standard InChI is InChI=1S/C21H27N3O4/c1-5-9-16-19(14(4)25)13(3)22-20(16)21(27)24-23-18(26)12-28-17-11-8-7-10-15(17)6-2/h7-8,10-11,22H,5-6,9,12H2,1-4H3,(H,23,26)(H,24,27). The Labute approximate surface area is 164 Å². The molecule has 7 heteroatoms. The molecule has 7 nitrogen and oxygen atoms in total. The number of ether oxygens (including phenoxy) is 1. The molecule has 0 fully saturated rings. The van der Waals surface area contributed by atoms with Crippen LogP contribution in [0.5, 0.6) is 5.75 Å². The van der Waals surface area contributed by atoms with Gasteiger partial charge in [-0.2, -0.15) is 0 Å². The molecule has 0 spiro atoms. The lowest BCUT2D eigenvalue weighted by Crippen LogP contribution is -2.44. The molecule has 0 aliphatic carbocycles. The van der Waals surface area contributed by atoms with Crippen molar-refractivity contribution in [2.24, 2.45) is 0 Å². The molecule has 2 rings (SSSR count). The number of Topliss-reactive ketones (excluding diaryl/α,β-unsaturated/α-hetero) is 1. The third kappa shape index (κ3) is 5.00. The van der Waals surface area contributed by atoms with Gasteiger partial charge in [-0.05, 0) is 43.9 Å². The molecular formula is C21H27N3O4. The average Bonchev–Trinajstić information content (AvgIpc) is 3.01. The summed E-state index contributed by atoms with van der Waals surface area (Å²) >= 11 is 0. The predicted molar refractivity (Wildman–Crippen MR) is 106 cm³/mol. The Bertz CT molecular complexity index is 871. The van der Waals surface area contributed by atoms with E-state index < -0.39 is 11.8 Å². The Hall–Kier alpha value is -3.09. The minimum absolute atomic E-state index is 0.0942. The van der Waals surface area contributed by atoms with Crippen molar-refractivity contribution in [1.82, 2.24) is 15.8 Å². The number of aryl methyl sites for hydroxylation is 2. The van der Waals surface area contributed by atoms with E-state index in [0.717, 1.165) is 18.4 Å². The summed E-state index contributed by atoms with van der Waals surface area (Å²) < 4.78 is 5.53. The zero-order valence-corrected chi connectivity index (χ0v) is 16.8. The van der Waals surface area contributed by atoms with E-state index in [2.05, 4.69) is 15.8 Å². The summed E-state index contributed by atoms with van der Waals surface area (Å²) in [6, 6.07) is 7.48. The molecule has 0 saturated carbocycles. The van der Waals surface area contributed by atoms with Gasteiger partial charge in [0.1, 0.15) is 11.4 Å². The van der Waals surface area contributed by atoms with Gasteiger partial charge in [0, 0.05) is 11.3 Å². The number of ketones is 1. The molecule has 28 heavy (non-hydrogen) atoms. The van der Waals surface area contributed by atoms with Gasteiger partial charge < -0.3 is 9.72 Å². The Kier molecular flexibility index (Phi) is 7.37. The first-order chi connectivity index (χ1) is 13.4. The molecule has 0 aliphatic rings. The maximum absolute atomic E-state index is 12.5. The summed E-state index contributed by atoms with van der Waals surface area (Å²) in [5, 5.41) is 0. The first-order valence-electron chi connectivity index (χ1n) is 9.41. The van der Waals surface area contributed by atoms with Gasteiger partial charge >= 0.3 is 0 Å². The van der Waals surface area contributed by atoms with Crippen LogP contribution >= 0.6 is 0 Å². The fourth-order valence-electron chi connectivity index (χ4n) is 3.15. The lowest BCUT2D eigenvalue weighted by Gasteiger charge is -2.11. The number of aromatic nitrogens is 1. The number of H-pyrrole nitrogens is 1. The normalized spacial score (nSPS) is 10.4. The van der Waals surface area contributed by atoms with Gasteiger partial charge in [-0.1, -0.05) is 38.5 Å². The number of hydrogen-bond acceptors (Lipinski definition) is 4. The number of carbonyl (C=O) groups excluding carboxylic acids is 3. The van der Waals surface area contributed by atoms with Gasteiger partial charge in [-0.25, -0.2) is 0 Å². The lowest BCUT2D eigenvalue weighted by atomic mass is 10.0. The molecule has 1 heterocycles. The van der Waals surface area contributed by atoms with Crippen LogP contribution in [0.15, 0.2) is 24.3 Å². The van der Waals surface area contributed by atoms with Crippen LogP contribution < -0.4 is 15.6 Å². The molecule has 2 amide bonds. The van der Waals surface area contributed by atoms with E-state index in [1.165, 1.54) is 6.92 Å². The smallest absolute Gasteiger partial charge is 0.286 e. The van der Waals surface area contributed by atoms with E-state index in [4.69, 9.17) is 4.74 Å². The zero-order chi connectivity index (χ0) is 20.7. The predicted octanol–water partition coefficient (Wildman–Crippen LogP) is 2.88. The molecule has 0 bridgehead atoms. The Morgan fingerprint density at radius 3 is 2.46 bits per heavy atom. The minimum Gasteiger partial charge on any atom is -0.483 e. The second-order valence-electron chi connectivity index (χ2n) is 6.54. The third-order valence-electron chi connectivity index (χ3n) is 4.40. The van der Waals surface area contributed by atoms with Crippen molar-refractivity contribution in [2.45, 2.75) is 47.0 Å². The topological polar surface area (TPSA) is 100 Å². The monoisotopic (exact) mass is 385 g/mol. The fraction of sp³-hybridized carbons (Fsp3) is 0.381. The number of hydrogen-bond donors (Lipinski definition) is 3. The number of para-hydroxylation sites is 1. The van der Waals surface area contributed by atoms with E-state index in [1.54, 1.807) is 13.0 Å². The van der Waals surface area contributed by atoms with Crippen LogP contribution in [0.2, 0.25) is 0 Å². The van der Waals surface area contributed by atoms with Crippen molar-refractivity contribution in [3.05, 3.63) is 52.3 Å². The fourth-order valence-corrected chi connectivity index (χ4v) is 3.15. The van der Waals surface area contributed by atoms with E-state index >= 15 is 0 Å². The summed E-state index contributed by atoms with van der Waals surface area (Å²) in [5.41, 5.74) is 7.88. The molecular weight excluding hydrogens is 358 g/mol. The van der Waals surface area contributed by atoms with Gasteiger partial charge in [-0.3, -0.25) is 25.2 Å². The molecule has 1 aromatic heterocycles. The SMILES string of the molecule is CCCc1c(C(=O)NNC(=O)COc2ccccc2CC)[nH]c(C)c1C(C)=O. The second kappa shape index (κ2) is 9.73. The highest BCUT2D eigenvalue weighted by Crippen LogP contribution is 2.21. The summed E-state index contributed by atoms with van der Waals surface area (Å²) in [7, 11) is 0. The van der Waals surface area contributed by atoms with E-state index in [-0.39, 0.29) is 12.4 Å². The zero-order valence-electron chi connectivity index (χ0n) is 16.8. The number of carbonyl (C=O) groups is 3. The molecule has 0 saturated heterocycles. The van der Waals surface area contributed by atoms with Crippen molar-refractivity contribution in [3.8, 4) is 5.75 Å². The van der Waals surface area contributed by atoms with Crippen LogP contribution in [0.1, 0.15) is 64.9 Å². The Morgan fingerprint density at radius 2 is 1.82 bits per heavy atom. The molecule has 0 radical (unpaired) electrons. The molecule has 3 N–H and O–H groups in total. The van der Waals surface area contributed by atoms with Crippen molar-refractivity contribution < 1.29 is 19.1 Å². The minimum atomic E-state index is -0.499. The van der Waals surface area contributed by atoms with Crippen LogP contribution in [-0.4, -0.2) is 29.2 Å². The maximum Gasteiger partial charge on any atom is 0.286 e. The van der Waals surface area contributed by atoms with Crippen molar-refractivity contribution in [2.75, 3.05) is 6.61 Å². The van der Waals surface area contributed by atoms with Crippen molar-refractivity contribution in [1.29, 1.82) is 0 Å². The summed E-state index contributed by atoms with van der Waals surface area (Å²) in [5.74, 6) is -0.432. The molecule has 150 valence electrons. The number of benzene rings is 1. The third-order valence-corrected chi connectivity index (χ3v) is 4.40. The van der Waals surface area contributed by atoms with Crippen LogP contribution in [-0.2, 0) is 17.6 Å². The Morgan fingerprint density at radius 1 is 1.11 bits per heavy atom. The quantitative estimate of drug-likeness (QED) is 0.480. The van der Waals surface area contributed by atoms with Crippen LogP contribution in [0.25, 0.3) is 0 Å². The van der Waals surface area contributed by atoms with E-state index in [9.17, 15) is 14.4 Å². The number of hydrazine groups is 1. The maximum atomic E-state index is 12.5. The molecule has 0 unspecified atom stereocenters.